The highest BCUT2D eigenvalue weighted by atomic mass is 19.1. The molecule has 0 saturated heterocycles. The fourth-order valence-corrected chi connectivity index (χ4v) is 1.20. The second-order valence-corrected chi connectivity index (χ2v) is 2.93. The molecular formula is C10H13FN2O2. The Balaban J connectivity index is 3.10. The van der Waals surface area contributed by atoms with Crippen molar-refractivity contribution in [2.24, 2.45) is 0 Å². The van der Waals surface area contributed by atoms with Gasteiger partial charge in [-0.25, -0.2) is 9.18 Å². The molecule has 1 N–H and O–H groups in total. The average molecular weight is 212 g/mol. The molecule has 0 aliphatic carbocycles. The van der Waals surface area contributed by atoms with Crippen LogP contribution in [0.3, 0.4) is 0 Å². The standard InChI is InChI=1S/C10H13FN2O2/c1-12-10(14)13(2)8-6-7(11)4-5-9(8)15-3/h4-6H,1-3H3,(H,12,14). The number of urea groups is 1. The van der Waals surface area contributed by atoms with Gasteiger partial charge in [0.05, 0.1) is 12.8 Å². The Kier molecular flexibility index (Phi) is 3.49. The molecule has 15 heavy (non-hydrogen) atoms. The number of benzene rings is 1. The van der Waals surface area contributed by atoms with Crippen molar-refractivity contribution in [3.63, 3.8) is 0 Å². The van der Waals surface area contributed by atoms with E-state index in [1.54, 1.807) is 0 Å². The van der Waals surface area contributed by atoms with Gasteiger partial charge >= 0.3 is 6.03 Å². The van der Waals surface area contributed by atoms with E-state index in [-0.39, 0.29) is 6.03 Å². The predicted octanol–water partition coefficient (Wildman–Crippen LogP) is 1.61. The fraction of sp³-hybridized carbons (Fsp3) is 0.300. The molecule has 1 aromatic rings. The van der Waals surface area contributed by atoms with Crippen molar-refractivity contribution in [3.05, 3.63) is 24.0 Å². The Labute approximate surface area is 87.6 Å². The summed E-state index contributed by atoms with van der Waals surface area (Å²) >= 11 is 0. The zero-order valence-electron chi connectivity index (χ0n) is 8.87. The molecular weight excluding hydrogens is 199 g/mol. The van der Waals surface area contributed by atoms with Crippen LogP contribution >= 0.6 is 0 Å². The third-order valence-electron chi connectivity index (χ3n) is 2.02. The van der Waals surface area contributed by atoms with E-state index in [9.17, 15) is 9.18 Å². The van der Waals surface area contributed by atoms with Gasteiger partial charge < -0.3 is 10.1 Å². The van der Waals surface area contributed by atoms with E-state index in [1.807, 2.05) is 0 Å². The maximum absolute atomic E-state index is 13.0. The Morgan fingerprint density at radius 1 is 1.53 bits per heavy atom. The number of anilines is 1. The number of carbonyl (C=O) groups excluding carboxylic acids is 1. The molecule has 1 aromatic carbocycles. The summed E-state index contributed by atoms with van der Waals surface area (Å²) in [7, 11) is 4.51. The van der Waals surface area contributed by atoms with Gasteiger partial charge in [0, 0.05) is 20.2 Å². The van der Waals surface area contributed by atoms with Gasteiger partial charge in [-0.2, -0.15) is 0 Å². The molecule has 4 nitrogen and oxygen atoms in total. The Morgan fingerprint density at radius 3 is 2.73 bits per heavy atom. The van der Waals surface area contributed by atoms with Crippen molar-refractivity contribution in [2.45, 2.75) is 0 Å². The van der Waals surface area contributed by atoms with Crippen LogP contribution in [0.25, 0.3) is 0 Å². The van der Waals surface area contributed by atoms with E-state index < -0.39 is 5.82 Å². The first-order valence-electron chi connectivity index (χ1n) is 4.39. The Hall–Kier alpha value is -1.78. The lowest BCUT2D eigenvalue weighted by atomic mass is 10.2. The molecule has 0 aliphatic heterocycles. The van der Waals surface area contributed by atoms with Gasteiger partial charge in [-0.1, -0.05) is 0 Å². The van der Waals surface area contributed by atoms with E-state index in [1.165, 1.54) is 44.3 Å². The number of ether oxygens (including phenoxy) is 1. The number of nitrogens with zero attached hydrogens (tertiary/aromatic N) is 1. The molecule has 0 fully saturated rings. The predicted molar refractivity (Wildman–Crippen MR) is 55.8 cm³/mol. The van der Waals surface area contributed by atoms with Crippen LogP contribution in [-0.2, 0) is 0 Å². The molecule has 0 aliphatic rings. The van der Waals surface area contributed by atoms with Crippen LogP contribution in [0.15, 0.2) is 18.2 Å². The third kappa shape index (κ3) is 2.37. The quantitative estimate of drug-likeness (QED) is 0.809. The molecule has 0 spiro atoms. The highest BCUT2D eigenvalue weighted by Crippen LogP contribution is 2.27. The zero-order chi connectivity index (χ0) is 11.4. The number of hydrogen-bond donors (Lipinski definition) is 1. The molecule has 82 valence electrons. The van der Waals surface area contributed by atoms with E-state index in [2.05, 4.69) is 5.32 Å². The van der Waals surface area contributed by atoms with Crippen molar-refractivity contribution in [3.8, 4) is 5.75 Å². The SMILES string of the molecule is CNC(=O)N(C)c1cc(F)ccc1OC. The van der Waals surface area contributed by atoms with Crippen molar-refractivity contribution in [2.75, 3.05) is 26.1 Å². The second kappa shape index (κ2) is 4.63. The number of methoxy groups -OCH3 is 1. The minimum Gasteiger partial charge on any atom is -0.495 e. The van der Waals surface area contributed by atoms with E-state index in [0.717, 1.165) is 0 Å². The van der Waals surface area contributed by atoms with Crippen molar-refractivity contribution in [1.29, 1.82) is 0 Å². The topological polar surface area (TPSA) is 41.6 Å². The smallest absolute Gasteiger partial charge is 0.321 e. The van der Waals surface area contributed by atoms with E-state index in [4.69, 9.17) is 4.74 Å². The molecule has 0 heterocycles. The van der Waals surface area contributed by atoms with Gasteiger partial charge in [-0.3, -0.25) is 4.90 Å². The first kappa shape index (κ1) is 11.3. The second-order valence-electron chi connectivity index (χ2n) is 2.93. The lowest BCUT2D eigenvalue weighted by Gasteiger charge is -2.19. The molecule has 2 amide bonds. The first-order valence-corrected chi connectivity index (χ1v) is 4.39. The van der Waals surface area contributed by atoms with Crippen LogP contribution in [0.5, 0.6) is 5.75 Å². The summed E-state index contributed by atoms with van der Waals surface area (Å²) in [5.74, 6) is 0.0315. The van der Waals surface area contributed by atoms with Gasteiger partial charge in [0.25, 0.3) is 0 Å². The van der Waals surface area contributed by atoms with E-state index >= 15 is 0 Å². The molecule has 1 rings (SSSR count). The van der Waals surface area contributed by atoms with Gasteiger partial charge in [0.1, 0.15) is 11.6 Å². The van der Waals surface area contributed by atoms with Crippen LogP contribution in [0, 0.1) is 5.82 Å². The fourth-order valence-electron chi connectivity index (χ4n) is 1.20. The number of hydrogen-bond acceptors (Lipinski definition) is 2. The van der Waals surface area contributed by atoms with Gasteiger partial charge in [-0.15, -0.1) is 0 Å². The number of halogens is 1. The average Bonchev–Trinajstić information content (AvgIpc) is 2.27. The van der Waals surface area contributed by atoms with E-state index in [0.29, 0.717) is 11.4 Å². The van der Waals surface area contributed by atoms with Gasteiger partial charge in [0.2, 0.25) is 0 Å². The minimum atomic E-state index is -0.415. The summed E-state index contributed by atoms with van der Waals surface area (Å²) in [5, 5.41) is 2.44. The lowest BCUT2D eigenvalue weighted by Crippen LogP contribution is -2.35. The van der Waals surface area contributed by atoms with Crippen molar-refractivity contribution < 1.29 is 13.9 Å². The summed E-state index contributed by atoms with van der Waals surface area (Å²) in [5.41, 5.74) is 0.386. The molecule has 0 saturated carbocycles. The number of amides is 2. The van der Waals surface area contributed by atoms with Crippen LogP contribution < -0.4 is 15.0 Å². The summed E-state index contributed by atoms with van der Waals surface area (Å²) in [4.78, 5) is 12.6. The highest BCUT2D eigenvalue weighted by molar-refractivity contribution is 5.92. The van der Waals surface area contributed by atoms with Crippen molar-refractivity contribution in [1.82, 2.24) is 5.32 Å². The largest absolute Gasteiger partial charge is 0.495 e. The number of rotatable bonds is 2. The van der Waals surface area contributed by atoms with Gasteiger partial charge in [-0.05, 0) is 12.1 Å². The van der Waals surface area contributed by atoms with Gasteiger partial charge in [0.15, 0.2) is 0 Å². The summed E-state index contributed by atoms with van der Waals surface area (Å²) < 4.78 is 18.0. The maximum atomic E-state index is 13.0. The highest BCUT2D eigenvalue weighted by Gasteiger charge is 2.14. The molecule has 0 bridgehead atoms. The van der Waals surface area contributed by atoms with Crippen molar-refractivity contribution >= 4 is 11.7 Å². The van der Waals surface area contributed by atoms with Crippen LogP contribution in [0.4, 0.5) is 14.9 Å². The first-order chi connectivity index (χ1) is 7.10. The summed E-state index contributed by atoms with van der Waals surface area (Å²) in [6.07, 6.45) is 0. The Morgan fingerprint density at radius 2 is 2.20 bits per heavy atom. The summed E-state index contributed by atoms with van der Waals surface area (Å²) in [6.45, 7) is 0. The third-order valence-corrected chi connectivity index (χ3v) is 2.02. The Bertz CT molecular complexity index is 368. The number of carbonyl (C=O) groups is 1. The monoisotopic (exact) mass is 212 g/mol. The van der Waals surface area contributed by atoms with Crippen LogP contribution in [0.2, 0.25) is 0 Å². The maximum Gasteiger partial charge on any atom is 0.321 e. The van der Waals surface area contributed by atoms with Crippen LogP contribution in [0.1, 0.15) is 0 Å². The van der Waals surface area contributed by atoms with Crippen LogP contribution in [-0.4, -0.2) is 27.2 Å². The molecule has 0 aromatic heterocycles. The zero-order valence-corrected chi connectivity index (χ0v) is 8.87. The molecule has 0 radical (unpaired) electrons. The number of nitrogens with one attached hydrogen (secondary N) is 1. The summed E-state index contributed by atoms with van der Waals surface area (Å²) in [6, 6.07) is 3.66. The minimum absolute atomic E-state index is 0.334. The normalized spacial score (nSPS) is 9.60. The molecule has 0 atom stereocenters. The molecule has 0 unspecified atom stereocenters. The lowest BCUT2D eigenvalue weighted by molar-refractivity contribution is 0.249. The molecule has 5 heteroatoms.